The largest absolute Gasteiger partial charge is 0.344 e. The van der Waals surface area contributed by atoms with Crippen LogP contribution in [0.3, 0.4) is 0 Å². The number of hydrogen-bond acceptors (Lipinski definition) is 4. The molecule has 7 heteroatoms. The third-order valence-corrected chi connectivity index (χ3v) is 3.62. The van der Waals surface area contributed by atoms with Crippen LogP contribution in [0.15, 0.2) is 22.8 Å². The highest BCUT2D eigenvalue weighted by atomic mass is 79.9. The van der Waals surface area contributed by atoms with Gasteiger partial charge in [-0.05, 0) is 40.9 Å². The first-order chi connectivity index (χ1) is 9.22. The average molecular weight is 324 g/mol. The fourth-order valence-corrected chi connectivity index (χ4v) is 2.49. The van der Waals surface area contributed by atoms with Crippen LogP contribution >= 0.6 is 15.9 Å². The molecule has 0 bridgehead atoms. The third-order valence-electron chi connectivity index (χ3n) is 3.15. The zero-order chi connectivity index (χ0) is 13.2. The van der Waals surface area contributed by atoms with Crippen LogP contribution < -0.4 is 5.32 Å². The number of pyridine rings is 1. The van der Waals surface area contributed by atoms with Crippen LogP contribution in [0.1, 0.15) is 12.8 Å². The van der Waals surface area contributed by atoms with E-state index in [2.05, 4.69) is 31.3 Å². The molecule has 2 aromatic heterocycles. The maximum atomic E-state index is 11.9. The molecule has 0 saturated carbocycles. The zero-order valence-corrected chi connectivity index (χ0v) is 11.9. The Hall–Kier alpha value is -1.63. The Morgan fingerprint density at radius 3 is 2.95 bits per heavy atom. The summed E-state index contributed by atoms with van der Waals surface area (Å²) in [6.07, 6.45) is 4.04. The lowest BCUT2D eigenvalue weighted by atomic mass is 10.4. The standard InChI is InChI=1S/C12H14BrN5O/c13-9-3-4-10-15-12(16-18(10)8-9)14-7-11(19)17-5-1-2-6-17/h3-4,8H,1-2,5-7H2,(H,14,16). The highest BCUT2D eigenvalue weighted by molar-refractivity contribution is 9.10. The Morgan fingerprint density at radius 2 is 2.16 bits per heavy atom. The molecule has 0 aromatic carbocycles. The fourth-order valence-electron chi connectivity index (χ4n) is 2.17. The summed E-state index contributed by atoms with van der Waals surface area (Å²) in [4.78, 5) is 18.1. The van der Waals surface area contributed by atoms with Gasteiger partial charge in [-0.3, -0.25) is 4.79 Å². The van der Waals surface area contributed by atoms with Crippen molar-refractivity contribution in [3.8, 4) is 0 Å². The molecule has 1 fully saturated rings. The number of likely N-dealkylation sites (tertiary alicyclic amines) is 1. The summed E-state index contributed by atoms with van der Waals surface area (Å²) < 4.78 is 2.61. The second-order valence-corrected chi connectivity index (χ2v) is 5.44. The number of hydrogen-bond donors (Lipinski definition) is 1. The average Bonchev–Trinajstić information content (AvgIpc) is 3.04. The van der Waals surface area contributed by atoms with Gasteiger partial charge in [-0.2, -0.15) is 4.98 Å². The first-order valence-electron chi connectivity index (χ1n) is 6.26. The molecule has 1 amide bonds. The van der Waals surface area contributed by atoms with E-state index in [-0.39, 0.29) is 12.5 Å². The third kappa shape index (κ3) is 2.70. The minimum Gasteiger partial charge on any atom is -0.344 e. The highest BCUT2D eigenvalue weighted by Crippen LogP contribution is 2.12. The van der Waals surface area contributed by atoms with Crippen molar-refractivity contribution >= 4 is 33.4 Å². The van der Waals surface area contributed by atoms with Gasteiger partial charge >= 0.3 is 0 Å². The number of aromatic nitrogens is 3. The monoisotopic (exact) mass is 323 g/mol. The van der Waals surface area contributed by atoms with E-state index in [0.717, 1.165) is 36.1 Å². The summed E-state index contributed by atoms with van der Waals surface area (Å²) in [5.41, 5.74) is 0.749. The van der Waals surface area contributed by atoms with Crippen LogP contribution in [0, 0.1) is 0 Å². The number of nitrogens with zero attached hydrogens (tertiary/aromatic N) is 4. The van der Waals surface area contributed by atoms with Gasteiger partial charge in [0.2, 0.25) is 11.9 Å². The number of rotatable bonds is 3. The molecule has 3 rings (SSSR count). The summed E-state index contributed by atoms with van der Waals surface area (Å²) in [6, 6.07) is 3.77. The number of halogens is 1. The summed E-state index contributed by atoms with van der Waals surface area (Å²) >= 11 is 3.38. The van der Waals surface area contributed by atoms with Crippen molar-refractivity contribution in [3.63, 3.8) is 0 Å². The van der Waals surface area contributed by atoms with Crippen molar-refractivity contribution in [2.45, 2.75) is 12.8 Å². The predicted molar refractivity (Wildman–Crippen MR) is 75.0 cm³/mol. The van der Waals surface area contributed by atoms with E-state index in [9.17, 15) is 4.79 Å². The van der Waals surface area contributed by atoms with Crippen LogP contribution in [0.25, 0.3) is 5.65 Å². The van der Waals surface area contributed by atoms with Crippen molar-refractivity contribution in [1.82, 2.24) is 19.5 Å². The van der Waals surface area contributed by atoms with Crippen LogP contribution in [0.4, 0.5) is 5.95 Å². The van der Waals surface area contributed by atoms with Crippen molar-refractivity contribution in [3.05, 3.63) is 22.8 Å². The predicted octanol–water partition coefficient (Wildman–Crippen LogP) is 1.53. The highest BCUT2D eigenvalue weighted by Gasteiger charge is 2.17. The van der Waals surface area contributed by atoms with Crippen molar-refractivity contribution in [1.29, 1.82) is 0 Å². The van der Waals surface area contributed by atoms with E-state index in [1.165, 1.54) is 0 Å². The molecule has 1 aliphatic rings. The summed E-state index contributed by atoms with van der Waals surface area (Å²) in [5.74, 6) is 0.586. The second kappa shape index (κ2) is 5.16. The molecule has 1 saturated heterocycles. The molecule has 0 radical (unpaired) electrons. The minimum absolute atomic E-state index is 0.109. The molecule has 3 heterocycles. The van der Waals surface area contributed by atoms with Gasteiger partial charge < -0.3 is 10.2 Å². The van der Waals surface area contributed by atoms with Crippen molar-refractivity contribution in [2.75, 3.05) is 25.0 Å². The summed E-state index contributed by atoms with van der Waals surface area (Å²) in [6.45, 7) is 1.98. The Bertz CT molecular complexity index is 605. The lowest BCUT2D eigenvalue weighted by molar-refractivity contribution is -0.128. The lowest BCUT2D eigenvalue weighted by Gasteiger charge is -2.14. The first kappa shape index (κ1) is 12.4. The van der Waals surface area contributed by atoms with Gasteiger partial charge in [-0.15, -0.1) is 5.10 Å². The first-order valence-corrected chi connectivity index (χ1v) is 7.05. The van der Waals surface area contributed by atoms with E-state index in [0.29, 0.717) is 5.95 Å². The molecular weight excluding hydrogens is 310 g/mol. The number of amides is 1. The Labute approximate surface area is 118 Å². The molecule has 0 unspecified atom stereocenters. The van der Waals surface area contributed by atoms with E-state index < -0.39 is 0 Å². The zero-order valence-electron chi connectivity index (χ0n) is 10.3. The van der Waals surface area contributed by atoms with Crippen LogP contribution in [0.5, 0.6) is 0 Å². The number of carbonyl (C=O) groups is 1. The fraction of sp³-hybridized carbons (Fsp3) is 0.417. The Morgan fingerprint density at radius 1 is 1.37 bits per heavy atom. The number of fused-ring (bicyclic) bond motifs is 1. The number of anilines is 1. The van der Waals surface area contributed by atoms with Gasteiger partial charge in [-0.1, -0.05) is 0 Å². The van der Waals surface area contributed by atoms with Gasteiger partial charge in [0, 0.05) is 23.8 Å². The maximum Gasteiger partial charge on any atom is 0.243 e. The molecule has 6 nitrogen and oxygen atoms in total. The van der Waals surface area contributed by atoms with E-state index in [1.54, 1.807) is 4.52 Å². The molecule has 0 atom stereocenters. The van der Waals surface area contributed by atoms with Gasteiger partial charge in [0.1, 0.15) is 0 Å². The molecule has 100 valence electrons. The molecule has 0 aliphatic carbocycles. The molecule has 1 N–H and O–H groups in total. The van der Waals surface area contributed by atoms with E-state index in [1.807, 2.05) is 23.2 Å². The maximum absolute atomic E-state index is 11.9. The van der Waals surface area contributed by atoms with Crippen molar-refractivity contribution in [2.24, 2.45) is 0 Å². The quantitative estimate of drug-likeness (QED) is 0.930. The smallest absolute Gasteiger partial charge is 0.243 e. The second-order valence-electron chi connectivity index (χ2n) is 4.53. The summed E-state index contributed by atoms with van der Waals surface area (Å²) in [5, 5.41) is 7.25. The Kier molecular flexibility index (Phi) is 3.37. The van der Waals surface area contributed by atoms with E-state index >= 15 is 0 Å². The molecule has 2 aromatic rings. The number of carbonyl (C=O) groups excluding carboxylic acids is 1. The minimum atomic E-state index is 0.109. The van der Waals surface area contributed by atoms with Crippen molar-refractivity contribution < 1.29 is 4.79 Å². The lowest BCUT2D eigenvalue weighted by Crippen LogP contribution is -2.33. The summed E-state index contributed by atoms with van der Waals surface area (Å²) in [7, 11) is 0. The van der Waals surface area contributed by atoms with Gasteiger partial charge in [0.25, 0.3) is 0 Å². The molecule has 1 aliphatic heterocycles. The van der Waals surface area contributed by atoms with Gasteiger partial charge in [0.05, 0.1) is 6.54 Å². The number of nitrogens with one attached hydrogen (secondary N) is 1. The van der Waals surface area contributed by atoms with Crippen LogP contribution in [-0.2, 0) is 4.79 Å². The SMILES string of the molecule is O=C(CNc1nc2ccc(Br)cn2n1)N1CCCC1. The van der Waals surface area contributed by atoms with Crippen LogP contribution in [-0.4, -0.2) is 45.0 Å². The van der Waals surface area contributed by atoms with Gasteiger partial charge in [-0.25, -0.2) is 4.52 Å². The Balaban J connectivity index is 1.66. The molecule has 0 spiro atoms. The topological polar surface area (TPSA) is 62.5 Å². The normalized spacial score (nSPS) is 15.1. The molecular formula is C12H14BrN5O. The van der Waals surface area contributed by atoms with E-state index in [4.69, 9.17) is 0 Å². The van der Waals surface area contributed by atoms with Crippen LogP contribution in [0.2, 0.25) is 0 Å². The molecule has 19 heavy (non-hydrogen) atoms. The van der Waals surface area contributed by atoms with Gasteiger partial charge in [0.15, 0.2) is 5.65 Å².